The van der Waals surface area contributed by atoms with Gasteiger partial charge in [-0.1, -0.05) is 31.2 Å². The molecule has 0 atom stereocenters. The molecule has 7 heteroatoms. The highest BCUT2D eigenvalue weighted by Crippen LogP contribution is 2.10. The van der Waals surface area contributed by atoms with E-state index in [1.54, 1.807) is 0 Å². The van der Waals surface area contributed by atoms with Gasteiger partial charge < -0.3 is 15.1 Å². The topological polar surface area (TPSA) is 51.2 Å². The van der Waals surface area contributed by atoms with Crippen LogP contribution in [0.25, 0.3) is 0 Å². The molecule has 1 aromatic rings. The minimum Gasteiger partial charge on any atom is -0.357 e. The zero-order valence-corrected chi connectivity index (χ0v) is 20.9. The van der Waals surface area contributed by atoms with E-state index in [9.17, 15) is 4.79 Å². The Balaban J connectivity index is 0.00000320. The second kappa shape index (κ2) is 13.1. The molecule has 0 bridgehead atoms. The largest absolute Gasteiger partial charge is 0.357 e. The Bertz CT molecular complexity index is 665. The quantitative estimate of drug-likeness (QED) is 0.337. The van der Waals surface area contributed by atoms with Crippen molar-refractivity contribution in [2.75, 3.05) is 58.9 Å². The van der Waals surface area contributed by atoms with Crippen LogP contribution in [0.15, 0.2) is 29.3 Å². The van der Waals surface area contributed by atoms with Crippen molar-refractivity contribution in [2.45, 2.75) is 39.5 Å². The molecule has 1 aromatic carbocycles. The smallest absolute Gasteiger partial charge is 0.236 e. The van der Waals surface area contributed by atoms with E-state index in [-0.39, 0.29) is 24.0 Å². The molecule has 0 radical (unpaired) electrons. The van der Waals surface area contributed by atoms with Gasteiger partial charge in [-0.2, -0.15) is 0 Å². The van der Waals surface area contributed by atoms with Crippen LogP contribution in [-0.4, -0.2) is 85.5 Å². The third-order valence-corrected chi connectivity index (χ3v) is 5.92. The van der Waals surface area contributed by atoms with E-state index < -0.39 is 0 Å². The molecule has 0 spiro atoms. The Kier molecular flexibility index (Phi) is 10.9. The number of halogens is 1. The maximum atomic E-state index is 12.4. The number of aliphatic imine (C=N–C) groups is 1. The number of benzene rings is 1. The number of carbonyl (C=O) groups is 1. The number of piperazine rings is 1. The van der Waals surface area contributed by atoms with Crippen LogP contribution in [-0.2, 0) is 17.6 Å². The number of likely N-dealkylation sites (tertiary alicyclic amines) is 1. The molecule has 1 amide bonds. The van der Waals surface area contributed by atoms with Crippen LogP contribution < -0.4 is 5.32 Å². The van der Waals surface area contributed by atoms with E-state index in [4.69, 9.17) is 4.99 Å². The first kappa shape index (κ1) is 24.9. The van der Waals surface area contributed by atoms with Crippen LogP contribution in [0, 0.1) is 0 Å². The maximum Gasteiger partial charge on any atom is 0.236 e. The van der Waals surface area contributed by atoms with Crippen LogP contribution >= 0.6 is 24.0 Å². The van der Waals surface area contributed by atoms with Crippen LogP contribution in [0.3, 0.4) is 0 Å². The molecule has 1 N–H and O–H groups in total. The zero-order valence-electron chi connectivity index (χ0n) is 18.6. The Hall–Kier alpha value is -1.35. The van der Waals surface area contributed by atoms with Crippen molar-refractivity contribution in [1.82, 2.24) is 20.0 Å². The first-order valence-electron chi connectivity index (χ1n) is 11.3. The van der Waals surface area contributed by atoms with Crippen LogP contribution in [0.5, 0.6) is 0 Å². The fraction of sp³-hybridized carbons (Fsp3) is 0.652. The van der Waals surface area contributed by atoms with Gasteiger partial charge in [-0.05, 0) is 43.7 Å². The molecule has 2 saturated heterocycles. The first-order valence-corrected chi connectivity index (χ1v) is 11.3. The number of nitrogens with zero attached hydrogens (tertiary/aromatic N) is 4. The summed E-state index contributed by atoms with van der Waals surface area (Å²) in [7, 11) is 0. The van der Waals surface area contributed by atoms with Gasteiger partial charge in [0.1, 0.15) is 0 Å². The number of guanidine groups is 1. The third kappa shape index (κ3) is 7.41. The second-order valence-electron chi connectivity index (χ2n) is 8.01. The van der Waals surface area contributed by atoms with Crippen molar-refractivity contribution < 1.29 is 4.79 Å². The lowest BCUT2D eigenvalue weighted by Crippen LogP contribution is -2.54. The maximum absolute atomic E-state index is 12.4. The summed E-state index contributed by atoms with van der Waals surface area (Å²) in [6, 6.07) is 8.87. The SMILES string of the molecule is CCNC(=NCCc1ccc(CC)cc1)N1CCN(CC(=O)N2CCCC2)CC1.I. The molecule has 2 heterocycles. The van der Waals surface area contributed by atoms with Gasteiger partial charge in [0.05, 0.1) is 6.54 Å². The Morgan fingerprint density at radius 2 is 1.57 bits per heavy atom. The third-order valence-electron chi connectivity index (χ3n) is 5.92. The number of rotatable bonds is 7. The fourth-order valence-corrected chi connectivity index (χ4v) is 4.03. The van der Waals surface area contributed by atoms with Crippen molar-refractivity contribution in [2.24, 2.45) is 4.99 Å². The summed E-state index contributed by atoms with van der Waals surface area (Å²) < 4.78 is 0. The highest BCUT2D eigenvalue weighted by Gasteiger charge is 2.24. The van der Waals surface area contributed by atoms with E-state index in [0.29, 0.717) is 12.5 Å². The van der Waals surface area contributed by atoms with Crippen molar-refractivity contribution >= 4 is 35.8 Å². The molecule has 2 aliphatic heterocycles. The summed E-state index contributed by atoms with van der Waals surface area (Å²) in [5.74, 6) is 1.30. The number of amides is 1. The van der Waals surface area contributed by atoms with Gasteiger partial charge in [0, 0.05) is 52.4 Å². The predicted molar refractivity (Wildman–Crippen MR) is 135 cm³/mol. The molecule has 168 valence electrons. The van der Waals surface area contributed by atoms with Crippen molar-refractivity contribution in [3.05, 3.63) is 35.4 Å². The lowest BCUT2D eigenvalue weighted by molar-refractivity contribution is -0.131. The highest BCUT2D eigenvalue weighted by atomic mass is 127. The van der Waals surface area contributed by atoms with E-state index in [0.717, 1.165) is 84.0 Å². The number of hydrogen-bond acceptors (Lipinski definition) is 3. The van der Waals surface area contributed by atoms with Crippen LogP contribution in [0.4, 0.5) is 0 Å². The van der Waals surface area contributed by atoms with Crippen molar-refractivity contribution in [3.63, 3.8) is 0 Å². The minimum atomic E-state index is 0. The fourth-order valence-electron chi connectivity index (χ4n) is 4.03. The van der Waals surface area contributed by atoms with Crippen molar-refractivity contribution in [1.29, 1.82) is 0 Å². The van der Waals surface area contributed by atoms with Gasteiger partial charge >= 0.3 is 0 Å². The molecular weight excluding hydrogens is 489 g/mol. The summed E-state index contributed by atoms with van der Waals surface area (Å²) in [5, 5.41) is 3.44. The van der Waals surface area contributed by atoms with Crippen LogP contribution in [0.1, 0.15) is 37.8 Å². The lowest BCUT2D eigenvalue weighted by atomic mass is 10.1. The normalized spacial score (nSPS) is 17.7. The Morgan fingerprint density at radius 1 is 0.933 bits per heavy atom. The minimum absolute atomic E-state index is 0. The van der Waals surface area contributed by atoms with Crippen LogP contribution in [0.2, 0.25) is 0 Å². The average molecular weight is 527 g/mol. The molecule has 2 fully saturated rings. The summed E-state index contributed by atoms with van der Waals surface area (Å²) >= 11 is 0. The number of nitrogens with one attached hydrogen (secondary N) is 1. The predicted octanol–water partition coefficient (Wildman–Crippen LogP) is 2.62. The molecule has 0 saturated carbocycles. The molecule has 30 heavy (non-hydrogen) atoms. The summed E-state index contributed by atoms with van der Waals surface area (Å²) in [6.45, 7) is 12.1. The van der Waals surface area contributed by atoms with E-state index in [1.807, 2.05) is 4.90 Å². The number of aryl methyl sites for hydroxylation is 1. The van der Waals surface area contributed by atoms with Gasteiger partial charge in [0.25, 0.3) is 0 Å². The van der Waals surface area contributed by atoms with Gasteiger partial charge in [0.2, 0.25) is 5.91 Å². The van der Waals surface area contributed by atoms with Gasteiger partial charge in [-0.3, -0.25) is 14.7 Å². The summed E-state index contributed by atoms with van der Waals surface area (Å²) in [6.07, 6.45) is 4.36. The Labute approximate surface area is 199 Å². The van der Waals surface area contributed by atoms with Gasteiger partial charge in [-0.25, -0.2) is 0 Å². The molecule has 6 nitrogen and oxygen atoms in total. The molecule has 0 unspecified atom stereocenters. The average Bonchev–Trinajstić information content (AvgIpc) is 3.29. The number of hydrogen-bond donors (Lipinski definition) is 1. The van der Waals surface area contributed by atoms with E-state index in [2.05, 4.69) is 53.2 Å². The lowest BCUT2D eigenvalue weighted by Gasteiger charge is -2.36. The molecule has 2 aliphatic rings. The molecule has 3 rings (SSSR count). The van der Waals surface area contributed by atoms with E-state index >= 15 is 0 Å². The number of carbonyl (C=O) groups excluding carboxylic acids is 1. The molecular formula is C23H38IN5O. The van der Waals surface area contributed by atoms with E-state index in [1.165, 1.54) is 11.1 Å². The van der Waals surface area contributed by atoms with Crippen molar-refractivity contribution in [3.8, 4) is 0 Å². The van der Waals surface area contributed by atoms with Gasteiger partial charge in [0.15, 0.2) is 5.96 Å². The first-order chi connectivity index (χ1) is 14.2. The highest BCUT2D eigenvalue weighted by molar-refractivity contribution is 14.0. The standard InChI is InChI=1S/C23H37N5O.HI/c1-3-20-7-9-21(10-8-20)11-12-25-23(24-4-2)28-17-15-26(16-18-28)19-22(29)27-13-5-6-14-27;/h7-10H,3-6,11-19H2,1-2H3,(H,24,25);1H. The second-order valence-corrected chi connectivity index (χ2v) is 8.01. The monoisotopic (exact) mass is 527 g/mol. The Morgan fingerprint density at radius 3 is 2.17 bits per heavy atom. The molecule has 0 aromatic heterocycles. The zero-order chi connectivity index (χ0) is 20.5. The summed E-state index contributed by atoms with van der Waals surface area (Å²) in [5.41, 5.74) is 2.72. The molecule has 0 aliphatic carbocycles. The van der Waals surface area contributed by atoms with Gasteiger partial charge in [-0.15, -0.1) is 24.0 Å². The summed E-state index contributed by atoms with van der Waals surface area (Å²) in [4.78, 5) is 23.9.